The smallest absolute Gasteiger partial charge is 0.335 e. The molecule has 0 aliphatic heterocycles. The number of carboxylic acids is 1. The van der Waals surface area contributed by atoms with Crippen LogP contribution in [0.15, 0.2) is 24.4 Å². The Morgan fingerprint density at radius 3 is 2.82 bits per heavy atom. The number of nitrogens with zero attached hydrogens (tertiary/aromatic N) is 3. The van der Waals surface area contributed by atoms with Crippen LogP contribution in [0.4, 0.5) is 0 Å². The monoisotopic (exact) mass is 297 g/mol. The summed E-state index contributed by atoms with van der Waals surface area (Å²) in [7, 11) is 1.91. The Morgan fingerprint density at radius 1 is 1.32 bits per heavy atom. The zero-order valence-corrected chi connectivity index (χ0v) is 12.8. The van der Waals surface area contributed by atoms with Crippen LogP contribution >= 0.6 is 0 Å². The Kier molecular flexibility index (Phi) is 2.79. The lowest BCUT2D eigenvalue weighted by molar-refractivity contribution is 0.0697. The number of aromatic nitrogens is 3. The zero-order chi connectivity index (χ0) is 15.4. The molecule has 1 aromatic carbocycles. The molecule has 22 heavy (non-hydrogen) atoms. The summed E-state index contributed by atoms with van der Waals surface area (Å²) in [4.78, 5) is 11.3. The maximum absolute atomic E-state index is 11.3. The van der Waals surface area contributed by atoms with E-state index in [1.807, 2.05) is 24.0 Å². The minimum Gasteiger partial charge on any atom is -0.478 e. The van der Waals surface area contributed by atoms with E-state index in [2.05, 4.69) is 16.6 Å². The maximum Gasteiger partial charge on any atom is 0.335 e. The third-order valence-corrected chi connectivity index (χ3v) is 4.86. The van der Waals surface area contributed by atoms with E-state index in [-0.39, 0.29) is 0 Å². The summed E-state index contributed by atoms with van der Waals surface area (Å²) in [5.74, 6) is -0.152. The lowest BCUT2D eigenvalue weighted by atomic mass is 10.1. The molecule has 4 rings (SSSR count). The molecule has 2 heterocycles. The Balaban J connectivity index is 2.02. The van der Waals surface area contributed by atoms with Crippen LogP contribution in [0.2, 0.25) is 0 Å². The van der Waals surface area contributed by atoms with Gasteiger partial charge in [0.15, 0.2) is 0 Å². The van der Waals surface area contributed by atoms with Gasteiger partial charge in [0.05, 0.1) is 16.6 Å². The SMILES string of the molecule is C[C@@H]1CC[C@H](n2c3ccc(C(=O)O)cc3c3nn(C)cc32)C1. The first kappa shape index (κ1) is 13.4. The van der Waals surface area contributed by atoms with Gasteiger partial charge in [0, 0.05) is 24.7 Å². The third kappa shape index (κ3) is 1.85. The van der Waals surface area contributed by atoms with Crippen LogP contribution in [0.25, 0.3) is 21.9 Å². The van der Waals surface area contributed by atoms with Gasteiger partial charge in [-0.3, -0.25) is 4.68 Å². The third-order valence-electron chi connectivity index (χ3n) is 4.86. The van der Waals surface area contributed by atoms with Crippen molar-refractivity contribution in [3.05, 3.63) is 30.0 Å². The summed E-state index contributed by atoms with van der Waals surface area (Å²) >= 11 is 0. The first-order valence-electron chi connectivity index (χ1n) is 7.75. The molecule has 2 aromatic heterocycles. The molecule has 0 radical (unpaired) electrons. The molecular formula is C17H19N3O2. The second kappa shape index (κ2) is 4.60. The van der Waals surface area contributed by atoms with Crippen molar-refractivity contribution < 1.29 is 9.90 Å². The minimum atomic E-state index is -0.895. The van der Waals surface area contributed by atoms with Crippen molar-refractivity contribution in [1.82, 2.24) is 14.3 Å². The van der Waals surface area contributed by atoms with Crippen LogP contribution in [-0.4, -0.2) is 25.4 Å². The highest BCUT2D eigenvalue weighted by Gasteiger charge is 2.27. The summed E-state index contributed by atoms with van der Waals surface area (Å²) in [6, 6.07) is 5.86. The number of benzene rings is 1. The van der Waals surface area contributed by atoms with Gasteiger partial charge in [-0.25, -0.2) is 4.79 Å². The fourth-order valence-electron chi connectivity index (χ4n) is 3.85. The van der Waals surface area contributed by atoms with E-state index < -0.39 is 5.97 Å². The molecule has 1 saturated carbocycles. The molecule has 0 amide bonds. The van der Waals surface area contributed by atoms with Crippen molar-refractivity contribution in [1.29, 1.82) is 0 Å². The maximum atomic E-state index is 11.3. The second-order valence-corrected chi connectivity index (χ2v) is 6.52. The topological polar surface area (TPSA) is 60.1 Å². The molecular weight excluding hydrogens is 278 g/mol. The fraction of sp³-hybridized carbons (Fsp3) is 0.412. The largest absolute Gasteiger partial charge is 0.478 e. The number of carbonyl (C=O) groups is 1. The molecule has 114 valence electrons. The van der Waals surface area contributed by atoms with Crippen LogP contribution in [0, 0.1) is 5.92 Å². The Hall–Kier alpha value is -2.30. The Bertz CT molecular complexity index is 890. The van der Waals surface area contributed by atoms with Crippen LogP contribution in [0.3, 0.4) is 0 Å². The predicted molar refractivity (Wildman–Crippen MR) is 85.2 cm³/mol. The molecule has 0 bridgehead atoms. The summed E-state index contributed by atoms with van der Waals surface area (Å²) in [5, 5.41) is 14.7. The van der Waals surface area contributed by atoms with Gasteiger partial charge in [0.2, 0.25) is 0 Å². The Labute approximate surface area is 128 Å². The molecule has 1 N–H and O–H groups in total. The highest BCUT2D eigenvalue weighted by molar-refractivity contribution is 6.08. The fourth-order valence-corrected chi connectivity index (χ4v) is 3.85. The van der Waals surface area contributed by atoms with E-state index in [1.54, 1.807) is 12.1 Å². The number of hydrogen-bond acceptors (Lipinski definition) is 2. The number of carboxylic acid groups (broad SMARTS) is 1. The molecule has 0 unspecified atom stereocenters. The average molecular weight is 297 g/mol. The van der Waals surface area contributed by atoms with Gasteiger partial charge in [0.1, 0.15) is 5.52 Å². The van der Waals surface area contributed by atoms with E-state index in [9.17, 15) is 9.90 Å². The lowest BCUT2D eigenvalue weighted by Crippen LogP contribution is -2.05. The first-order valence-corrected chi connectivity index (χ1v) is 7.75. The molecule has 5 heteroatoms. The molecule has 3 aromatic rings. The van der Waals surface area contributed by atoms with E-state index in [4.69, 9.17) is 0 Å². The van der Waals surface area contributed by atoms with Gasteiger partial charge < -0.3 is 9.67 Å². The second-order valence-electron chi connectivity index (χ2n) is 6.52. The lowest BCUT2D eigenvalue weighted by Gasteiger charge is -2.15. The van der Waals surface area contributed by atoms with Gasteiger partial charge in [-0.15, -0.1) is 0 Å². The van der Waals surface area contributed by atoms with Crippen molar-refractivity contribution >= 4 is 27.9 Å². The number of hydrogen-bond donors (Lipinski definition) is 1. The van der Waals surface area contributed by atoms with Gasteiger partial charge in [-0.1, -0.05) is 6.92 Å². The van der Waals surface area contributed by atoms with Gasteiger partial charge in [0.25, 0.3) is 0 Å². The molecule has 1 aliphatic carbocycles. The quantitative estimate of drug-likeness (QED) is 0.786. The van der Waals surface area contributed by atoms with Crippen molar-refractivity contribution in [2.45, 2.75) is 32.2 Å². The molecule has 5 nitrogen and oxygen atoms in total. The van der Waals surface area contributed by atoms with Crippen LogP contribution in [0.5, 0.6) is 0 Å². The number of aromatic carboxylic acids is 1. The predicted octanol–water partition coefficient (Wildman–Crippen LogP) is 3.59. The van der Waals surface area contributed by atoms with Gasteiger partial charge in [-0.2, -0.15) is 5.10 Å². The van der Waals surface area contributed by atoms with Crippen LogP contribution in [0.1, 0.15) is 42.6 Å². The van der Waals surface area contributed by atoms with E-state index >= 15 is 0 Å². The van der Waals surface area contributed by atoms with Crippen molar-refractivity contribution in [3.8, 4) is 0 Å². The highest BCUT2D eigenvalue weighted by Crippen LogP contribution is 2.40. The first-order chi connectivity index (χ1) is 10.5. The highest BCUT2D eigenvalue weighted by atomic mass is 16.4. The van der Waals surface area contributed by atoms with E-state index in [0.29, 0.717) is 11.6 Å². The van der Waals surface area contributed by atoms with Gasteiger partial charge >= 0.3 is 5.97 Å². The zero-order valence-electron chi connectivity index (χ0n) is 12.8. The summed E-state index contributed by atoms with van der Waals surface area (Å²) < 4.78 is 4.18. The van der Waals surface area contributed by atoms with E-state index in [1.165, 1.54) is 19.3 Å². The molecule has 0 saturated heterocycles. The molecule has 1 fully saturated rings. The van der Waals surface area contributed by atoms with Crippen LogP contribution < -0.4 is 0 Å². The van der Waals surface area contributed by atoms with Crippen molar-refractivity contribution in [2.75, 3.05) is 0 Å². The summed E-state index contributed by atoms with van der Waals surface area (Å²) in [6.07, 6.45) is 5.64. The summed E-state index contributed by atoms with van der Waals surface area (Å²) in [5.41, 5.74) is 3.43. The van der Waals surface area contributed by atoms with Gasteiger partial charge in [-0.05, 0) is 43.4 Å². The summed E-state index contributed by atoms with van der Waals surface area (Å²) in [6.45, 7) is 2.30. The number of aryl methyl sites for hydroxylation is 1. The number of fused-ring (bicyclic) bond motifs is 3. The molecule has 2 atom stereocenters. The standard InChI is InChI=1S/C17H19N3O2/c1-10-3-5-12(7-10)20-14-6-4-11(17(21)22)8-13(14)16-15(20)9-19(2)18-16/h4,6,8-10,12H,3,5,7H2,1-2H3,(H,21,22)/t10-,12+/m1/s1. The van der Waals surface area contributed by atoms with Crippen LogP contribution in [-0.2, 0) is 7.05 Å². The Morgan fingerprint density at radius 2 is 2.14 bits per heavy atom. The van der Waals surface area contributed by atoms with Crippen molar-refractivity contribution in [2.24, 2.45) is 13.0 Å². The average Bonchev–Trinajstić information content (AvgIpc) is 3.12. The normalized spacial score (nSPS) is 21.9. The number of rotatable bonds is 2. The minimum absolute atomic E-state index is 0.317. The van der Waals surface area contributed by atoms with E-state index in [0.717, 1.165) is 27.9 Å². The van der Waals surface area contributed by atoms with Crippen molar-refractivity contribution in [3.63, 3.8) is 0 Å². The molecule has 0 spiro atoms. The molecule has 1 aliphatic rings.